The molecule has 0 saturated carbocycles. The minimum Gasteiger partial charge on any atom is -0.493 e. The number of methoxy groups -OCH3 is 1. The zero-order chi connectivity index (χ0) is 20.6. The normalized spacial score (nSPS) is 10.4. The maximum Gasteiger partial charge on any atom is 0.224 e. The predicted molar refractivity (Wildman–Crippen MR) is 113 cm³/mol. The second-order valence-corrected chi connectivity index (χ2v) is 7.80. The number of rotatable bonds is 9. The summed E-state index contributed by atoms with van der Waals surface area (Å²) in [7, 11) is 1.55. The number of aromatic nitrogens is 1. The van der Waals surface area contributed by atoms with Crippen molar-refractivity contribution in [2.24, 2.45) is 0 Å². The van der Waals surface area contributed by atoms with E-state index in [0.717, 1.165) is 5.56 Å². The lowest BCUT2D eigenvalue weighted by Crippen LogP contribution is -2.13. The molecule has 3 aromatic rings. The van der Waals surface area contributed by atoms with Crippen LogP contribution < -0.4 is 14.8 Å². The lowest BCUT2D eigenvalue weighted by molar-refractivity contribution is -0.116. The molecule has 0 atom stereocenters. The molecule has 0 aliphatic rings. The van der Waals surface area contributed by atoms with E-state index in [1.54, 1.807) is 49.8 Å². The van der Waals surface area contributed by atoms with E-state index in [4.69, 9.17) is 21.1 Å². The van der Waals surface area contributed by atoms with E-state index in [2.05, 4.69) is 10.3 Å². The van der Waals surface area contributed by atoms with E-state index in [0.29, 0.717) is 33.0 Å². The molecule has 0 saturated heterocycles. The molecule has 0 aliphatic carbocycles. The number of hydrogen-bond donors (Lipinski definition) is 1. The van der Waals surface area contributed by atoms with Crippen LogP contribution in [0.15, 0.2) is 54.9 Å². The van der Waals surface area contributed by atoms with Crippen molar-refractivity contribution in [1.82, 2.24) is 4.98 Å². The number of hydrogen-bond acceptors (Lipinski definition) is 6. The Kier molecular flexibility index (Phi) is 7.21. The fourth-order valence-corrected chi connectivity index (χ4v) is 3.56. The van der Waals surface area contributed by atoms with E-state index in [1.165, 1.54) is 11.3 Å². The fraction of sp³-hybridized carbons (Fsp3) is 0.190. The van der Waals surface area contributed by atoms with Gasteiger partial charge in [-0.25, -0.2) is 0 Å². The van der Waals surface area contributed by atoms with Crippen LogP contribution in [0.5, 0.6) is 11.5 Å². The highest BCUT2D eigenvalue weighted by Gasteiger charge is 2.13. The molecule has 2 aromatic heterocycles. The minimum absolute atomic E-state index is 0.0770. The van der Waals surface area contributed by atoms with Crippen LogP contribution in [-0.4, -0.2) is 23.8 Å². The zero-order valence-corrected chi connectivity index (χ0v) is 17.3. The van der Waals surface area contributed by atoms with Gasteiger partial charge >= 0.3 is 0 Å². The van der Waals surface area contributed by atoms with E-state index < -0.39 is 0 Å². The summed E-state index contributed by atoms with van der Waals surface area (Å²) in [6.07, 6.45) is 3.58. The minimum atomic E-state index is -0.258. The summed E-state index contributed by atoms with van der Waals surface area (Å²) in [5.74, 6) is 0.702. The first-order chi connectivity index (χ1) is 14.0. The zero-order valence-electron chi connectivity index (χ0n) is 15.7. The van der Waals surface area contributed by atoms with E-state index in [-0.39, 0.29) is 24.5 Å². The molecule has 0 spiro atoms. The Morgan fingerprint density at radius 3 is 2.55 bits per heavy atom. The van der Waals surface area contributed by atoms with Crippen molar-refractivity contribution < 1.29 is 19.1 Å². The third-order valence-electron chi connectivity index (χ3n) is 4.02. The van der Waals surface area contributed by atoms with Gasteiger partial charge in [0.05, 0.1) is 16.3 Å². The summed E-state index contributed by atoms with van der Waals surface area (Å²) in [5.41, 5.74) is 1.52. The summed E-state index contributed by atoms with van der Waals surface area (Å²) in [6, 6.07) is 12.2. The largest absolute Gasteiger partial charge is 0.493 e. The van der Waals surface area contributed by atoms with Crippen molar-refractivity contribution in [2.75, 3.05) is 12.4 Å². The second-order valence-electron chi connectivity index (χ2n) is 6.08. The molecule has 150 valence electrons. The molecule has 8 heteroatoms. The molecule has 1 aromatic carbocycles. The van der Waals surface area contributed by atoms with Crippen LogP contribution in [-0.2, 0) is 11.4 Å². The molecule has 0 aliphatic heterocycles. The molecular formula is C21H19ClN2O4S. The van der Waals surface area contributed by atoms with Crippen molar-refractivity contribution in [3.63, 3.8) is 0 Å². The number of anilines is 1. The predicted octanol–water partition coefficient (Wildman–Crippen LogP) is 4.99. The molecule has 0 radical (unpaired) electrons. The number of thiophene rings is 1. The van der Waals surface area contributed by atoms with Gasteiger partial charge in [-0.15, -0.1) is 11.3 Å². The van der Waals surface area contributed by atoms with E-state index >= 15 is 0 Å². The number of carbonyl (C=O) groups is 2. The molecule has 0 bridgehead atoms. The van der Waals surface area contributed by atoms with Crippen LogP contribution in [0.2, 0.25) is 4.34 Å². The number of Topliss-reactive ketones (excluding diaryl/α,β-unsaturated/α-hetero) is 1. The maximum absolute atomic E-state index is 12.2. The Balaban J connectivity index is 1.58. The van der Waals surface area contributed by atoms with Crippen molar-refractivity contribution in [2.45, 2.75) is 19.4 Å². The lowest BCUT2D eigenvalue weighted by Gasteiger charge is -2.13. The Morgan fingerprint density at radius 1 is 1.07 bits per heavy atom. The van der Waals surface area contributed by atoms with Gasteiger partial charge in [-0.05, 0) is 42.0 Å². The van der Waals surface area contributed by atoms with Gasteiger partial charge in [-0.2, -0.15) is 0 Å². The summed E-state index contributed by atoms with van der Waals surface area (Å²) < 4.78 is 11.7. The summed E-state index contributed by atoms with van der Waals surface area (Å²) in [6.45, 7) is 0.341. The van der Waals surface area contributed by atoms with Crippen LogP contribution in [0, 0.1) is 0 Å². The number of ether oxygens (including phenoxy) is 2. The number of carbonyl (C=O) groups excluding carboxylic acids is 2. The number of pyridine rings is 1. The molecule has 6 nitrogen and oxygen atoms in total. The van der Waals surface area contributed by atoms with Crippen LogP contribution in [0.25, 0.3) is 0 Å². The number of ketones is 1. The number of nitrogens with one attached hydrogen (secondary N) is 1. The Morgan fingerprint density at radius 2 is 1.86 bits per heavy atom. The van der Waals surface area contributed by atoms with Crippen molar-refractivity contribution in [3.05, 3.63) is 69.6 Å². The first-order valence-corrected chi connectivity index (χ1v) is 10.0. The fourth-order valence-electron chi connectivity index (χ4n) is 2.55. The van der Waals surface area contributed by atoms with Gasteiger partial charge in [0.2, 0.25) is 5.91 Å². The van der Waals surface area contributed by atoms with Crippen molar-refractivity contribution in [1.29, 1.82) is 0 Å². The molecule has 3 rings (SSSR count). The monoisotopic (exact) mass is 430 g/mol. The average molecular weight is 431 g/mol. The van der Waals surface area contributed by atoms with Crippen LogP contribution >= 0.6 is 22.9 Å². The van der Waals surface area contributed by atoms with Gasteiger partial charge in [0.25, 0.3) is 0 Å². The number of benzene rings is 1. The maximum atomic E-state index is 12.2. The highest BCUT2D eigenvalue weighted by molar-refractivity contribution is 7.18. The first-order valence-electron chi connectivity index (χ1n) is 8.83. The van der Waals surface area contributed by atoms with Crippen LogP contribution in [0.4, 0.5) is 5.69 Å². The van der Waals surface area contributed by atoms with E-state index in [1.807, 2.05) is 12.1 Å². The molecule has 29 heavy (non-hydrogen) atoms. The van der Waals surface area contributed by atoms with Gasteiger partial charge in [-0.3, -0.25) is 14.6 Å². The topological polar surface area (TPSA) is 77.5 Å². The molecule has 0 fully saturated rings. The average Bonchev–Trinajstić information content (AvgIpc) is 3.18. The SMILES string of the molecule is COc1ccc(NC(=O)CCC(=O)c2ccc(Cl)s2)cc1OCc1ccncc1. The molecule has 0 unspecified atom stereocenters. The van der Waals surface area contributed by atoms with Gasteiger partial charge in [0, 0.05) is 37.0 Å². The van der Waals surface area contributed by atoms with Crippen molar-refractivity contribution >= 4 is 40.3 Å². The Hall–Kier alpha value is -2.90. The molecule has 1 N–H and O–H groups in total. The smallest absolute Gasteiger partial charge is 0.224 e. The summed E-state index contributed by atoms with van der Waals surface area (Å²) in [4.78, 5) is 28.9. The lowest BCUT2D eigenvalue weighted by atomic mass is 10.2. The first kappa shape index (κ1) is 20.8. The van der Waals surface area contributed by atoms with Gasteiger partial charge < -0.3 is 14.8 Å². The summed E-state index contributed by atoms with van der Waals surface area (Å²) >= 11 is 7.05. The number of nitrogens with zero attached hydrogens (tertiary/aromatic N) is 1. The van der Waals surface area contributed by atoms with Crippen molar-refractivity contribution in [3.8, 4) is 11.5 Å². The quantitative estimate of drug-likeness (QED) is 0.484. The highest BCUT2D eigenvalue weighted by Crippen LogP contribution is 2.31. The van der Waals surface area contributed by atoms with Gasteiger partial charge in [-0.1, -0.05) is 11.6 Å². The Labute approximate surface area is 177 Å². The second kappa shape index (κ2) is 10.0. The number of halogens is 1. The third-order valence-corrected chi connectivity index (χ3v) is 5.29. The standard InChI is InChI=1S/C21H19ClN2O4S/c1-27-17-4-2-15(12-18(17)28-13-14-8-10-23-11-9-14)24-21(26)7-3-16(25)19-5-6-20(22)29-19/h2,4-6,8-12H,3,7,13H2,1H3,(H,24,26). The third kappa shape index (κ3) is 6.04. The number of amides is 1. The molecular weight excluding hydrogens is 412 g/mol. The molecule has 2 heterocycles. The van der Waals surface area contributed by atoms with Gasteiger partial charge in [0.15, 0.2) is 17.3 Å². The summed E-state index contributed by atoms with van der Waals surface area (Å²) in [5, 5.41) is 2.78. The van der Waals surface area contributed by atoms with Gasteiger partial charge in [0.1, 0.15) is 6.61 Å². The highest BCUT2D eigenvalue weighted by atomic mass is 35.5. The molecule has 1 amide bonds. The van der Waals surface area contributed by atoms with E-state index in [9.17, 15) is 9.59 Å². The van der Waals surface area contributed by atoms with Crippen LogP contribution in [0.3, 0.4) is 0 Å². The van der Waals surface area contributed by atoms with Crippen LogP contribution in [0.1, 0.15) is 28.1 Å². The Bertz CT molecular complexity index is 991.